The third-order valence-corrected chi connectivity index (χ3v) is 7.78. The number of fused-ring (bicyclic) bond motifs is 1. The van der Waals surface area contributed by atoms with E-state index in [-0.39, 0.29) is 17.3 Å². The fourth-order valence-electron chi connectivity index (χ4n) is 3.38. The monoisotopic (exact) mass is 471 g/mol. The molecular weight excluding hydrogens is 446 g/mol. The Balaban J connectivity index is 0.00000320. The van der Waals surface area contributed by atoms with Crippen LogP contribution in [0.4, 0.5) is 5.00 Å². The molecular formula is C20H26ClN3O4S2. The fourth-order valence-corrected chi connectivity index (χ4v) is 5.81. The van der Waals surface area contributed by atoms with Crippen LogP contribution < -0.4 is 11.1 Å². The van der Waals surface area contributed by atoms with Crippen molar-refractivity contribution in [1.29, 1.82) is 0 Å². The smallest absolute Gasteiger partial charge is 0.251 e. The normalized spacial score (nSPS) is 14.1. The summed E-state index contributed by atoms with van der Waals surface area (Å²) in [7, 11) is -3.78. The number of amides is 2. The van der Waals surface area contributed by atoms with Crippen LogP contribution in [0, 0.1) is 6.92 Å². The van der Waals surface area contributed by atoms with Crippen LogP contribution in [0.5, 0.6) is 0 Å². The molecule has 0 spiro atoms. The summed E-state index contributed by atoms with van der Waals surface area (Å²) in [5.74, 6) is -2.00. The predicted octanol–water partition coefficient (Wildman–Crippen LogP) is 2.76. The highest BCUT2D eigenvalue weighted by molar-refractivity contribution is 7.92. The molecule has 1 aromatic carbocycles. The number of carbonyl (C=O) groups excluding carboxylic acids is 2. The van der Waals surface area contributed by atoms with Crippen molar-refractivity contribution in [3.63, 3.8) is 0 Å². The average Bonchev–Trinajstić information content (AvgIpc) is 2.98. The molecule has 10 heteroatoms. The molecule has 164 valence electrons. The van der Waals surface area contributed by atoms with E-state index in [9.17, 15) is 18.0 Å². The largest absolute Gasteiger partial charge is 0.365 e. The molecule has 3 N–H and O–H groups in total. The summed E-state index contributed by atoms with van der Waals surface area (Å²) in [4.78, 5) is 27.9. The first-order valence-electron chi connectivity index (χ1n) is 9.36. The summed E-state index contributed by atoms with van der Waals surface area (Å²) >= 11 is 1.29. The number of anilines is 1. The molecule has 0 fully saturated rings. The van der Waals surface area contributed by atoms with Gasteiger partial charge in [0.05, 0.1) is 10.5 Å². The van der Waals surface area contributed by atoms with Crippen molar-refractivity contribution in [3.05, 3.63) is 45.8 Å². The maximum Gasteiger partial charge on any atom is 0.251 e. The van der Waals surface area contributed by atoms with Gasteiger partial charge in [-0.3, -0.25) is 14.5 Å². The first kappa shape index (κ1) is 24.3. The van der Waals surface area contributed by atoms with Crippen LogP contribution in [0.15, 0.2) is 29.2 Å². The Morgan fingerprint density at radius 3 is 2.43 bits per heavy atom. The summed E-state index contributed by atoms with van der Waals surface area (Å²) < 4.78 is 25.0. The maximum absolute atomic E-state index is 12.5. The SMILES string of the molecule is Cc1ccc(S(=O)(=O)CC(=O)Nc2sc3c(c2C(N)=O)CCN(C(C)C)C3)cc1.Cl. The van der Waals surface area contributed by atoms with Crippen molar-refractivity contribution in [2.75, 3.05) is 17.6 Å². The molecule has 1 aromatic heterocycles. The van der Waals surface area contributed by atoms with Gasteiger partial charge in [-0.15, -0.1) is 23.7 Å². The molecule has 0 saturated carbocycles. The Morgan fingerprint density at radius 1 is 1.23 bits per heavy atom. The second-order valence-corrected chi connectivity index (χ2v) is 10.6. The first-order chi connectivity index (χ1) is 13.6. The van der Waals surface area contributed by atoms with Crippen molar-refractivity contribution in [2.45, 2.75) is 44.7 Å². The number of halogens is 1. The summed E-state index contributed by atoms with van der Waals surface area (Å²) in [6, 6.07) is 6.70. The quantitative estimate of drug-likeness (QED) is 0.673. The van der Waals surface area contributed by atoms with E-state index >= 15 is 0 Å². The molecule has 0 saturated heterocycles. The molecule has 0 atom stereocenters. The Bertz CT molecular complexity index is 1050. The Morgan fingerprint density at radius 2 is 1.87 bits per heavy atom. The molecule has 0 radical (unpaired) electrons. The molecule has 1 aliphatic rings. The van der Waals surface area contributed by atoms with Gasteiger partial charge in [0.25, 0.3) is 5.91 Å². The summed E-state index contributed by atoms with van der Waals surface area (Å²) in [6.07, 6.45) is 0.666. The van der Waals surface area contributed by atoms with Crippen LogP contribution in [-0.2, 0) is 27.6 Å². The highest BCUT2D eigenvalue weighted by Crippen LogP contribution is 2.37. The van der Waals surface area contributed by atoms with E-state index in [0.717, 1.165) is 22.5 Å². The zero-order valence-electron chi connectivity index (χ0n) is 17.1. The molecule has 2 heterocycles. The van der Waals surface area contributed by atoms with E-state index in [0.29, 0.717) is 29.6 Å². The van der Waals surface area contributed by atoms with Crippen molar-refractivity contribution >= 4 is 50.4 Å². The lowest BCUT2D eigenvalue weighted by Gasteiger charge is -2.30. The Hall–Kier alpha value is -1.94. The van der Waals surface area contributed by atoms with Gasteiger partial charge in [0, 0.05) is 24.0 Å². The number of benzene rings is 1. The predicted molar refractivity (Wildman–Crippen MR) is 121 cm³/mol. The minimum Gasteiger partial charge on any atom is -0.365 e. The van der Waals surface area contributed by atoms with E-state index < -0.39 is 27.4 Å². The standard InChI is InChI=1S/C20H25N3O4S2.ClH/c1-12(2)23-9-8-15-16(10-23)28-20(18(15)19(21)25)22-17(24)11-29(26,27)14-6-4-13(3)5-7-14;/h4-7,12H,8-11H2,1-3H3,(H2,21,25)(H,22,24);1H. The Labute approximate surface area is 187 Å². The van der Waals surface area contributed by atoms with E-state index in [1.807, 2.05) is 6.92 Å². The number of hydrogen-bond donors (Lipinski definition) is 2. The molecule has 0 bridgehead atoms. The van der Waals surface area contributed by atoms with Gasteiger partial charge in [-0.2, -0.15) is 0 Å². The zero-order valence-corrected chi connectivity index (χ0v) is 19.5. The van der Waals surface area contributed by atoms with Crippen LogP contribution in [0.1, 0.15) is 40.2 Å². The minimum absolute atomic E-state index is 0. The number of thiophene rings is 1. The van der Waals surface area contributed by atoms with Gasteiger partial charge in [0.1, 0.15) is 10.8 Å². The van der Waals surface area contributed by atoms with Crippen molar-refractivity contribution in [2.24, 2.45) is 5.73 Å². The number of primary amides is 1. The van der Waals surface area contributed by atoms with Gasteiger partial charge in [-0.25, -0.2) is 8.42 Å². The minimum atomic E-state index is -3.78. The van der Waals surface area contributed by atoms with E-state index in [1.165, 1.54) is 23.5 Å². The highest BCUT2D eigenvalue weighted by Gasteiger charge is 2.29. The number of sulfone groups is 1. The second kappa shape index (κ2) is 9.47. The summed E-state index contributed by atoms with van der Waals surface area (Å²) in [6.45, 7) is 7.54. The number of nitrogens with one attached hydrogen (secondary N) is 1. The van der Waals surface area contributed by atoms with Crippen molar-refractivity contribution < 1.29 is 18.0 Å². The van der Waals surface area contributed by atoms with Crippen LogP contribution in [0.2, 0.25) is 0 Å². The number of nitrogens with zero attached hydrogens (tertiary/aromatic N) is 1. The Kier molecular flexibility index (Phi) is 7.68. The molecule has 0 unspecified atom stereocenters. The number of rotatable bonds is 6. The van der Waals surface area contributed by atoms with Crippen LogP contribution in [0.25, 0.3) is 0 Å². The summed E-state index contributed by atoms with van der Waals surface area (Å²) in [5.41, 5.74) is 7.66. The van der Waals surface area contributed by atoms with E-state index in [4.69, 9.17) is 5.73 Å². The highest BCUT2D eigenvalue weighted by atomic mass is 35.5. The molecule has 7 nitrogen and oxygen atoms in total. The molecule has 30 heavy (non-hydrogen) atoms. The molecule has 1 aliphatic heterocycles. The van der Waals surface area contributed by atoms with Crippen molar-refractivity contribution in [3.8, 4) is 0 Å². The molecule has 2 aromatic rings. The molecule has 3 rings (SSSR count). The molecule has 2 amide bonds. The summed E-state index contributed by atoms with van der Waals surface area (Å²) in [5, 5.41) is 2.94. The number of aryl methyl sites for hydroxylation is 1. The average molecular weight is 472 g/mol. The lowest BCUT2D eigenvalue weighted by atomic mass is 10.0. The maximum atomic E-state index is 12.5. The topological polar surface area (TPSA) is 110 Å². The van der Waals surface area contributed by atoms with Crippen LogP contribution in [-0.4, -0.2) is 43.5 Å². The van der Waals surface area contributed by atoms with Crippen molar-refractivity contribution in [1.82, 2.24) is 4.90 Å². The van der Waals surface area contributed by atoms with Gasteiger partial charge in [-0.05, 0) is 44.9 Å². The van der Waals surface area contributed by atoms with E-state index in [2.05, 4.69) is 24.1 Å². The first-order valence-corrected chi connectivity index (χ1v) is 11.8. The number of carbonyl (C=O) groups is 2. The molecule has 0 aliphatic carbocycles. The van der Waals surface area contributed by atoms with Gasteiger partial charge in [-0.1, -0.05) is 17.7 Å². The van der Waals surface area contributed by atoms with Crippen LogP contribution in [0.3, 0.4) is 0 Å². The van der Waals surface area contributed by atoms with E-state index in [1.54, 1.807) is 12.1 Å². The zero-order chi connectivity index (χ0) is 21.3. The third-order valence-electron chi connectivity index (χ3n) is 5.02. The van der Waals surface area contributed by atoms with Gasteiger partial charge in [0.2, 0.25) is 5.91 Å². The lowest BCUT2D eigenvalue weighted by Crippen LogP contribution is -2.35. The second-order valence-electron chi connectivity index (χ2n) is 7.51. The van der Waals surface area contributed by atoms with Gasteiger partial charge in [0.15, 0.2) is 9.84 Å². The number of hydrogen-bond acceptors (Lipinski definition) is 6. The number of nitrogens with two attached hydrogens (primary N) is 1. The van der Waals surface area contributed by atoms with Gasteiger partial charge >= 0.3 is 0 Å². The van der Waals surface area contributed by atoms with Gasteiger partial charge < -0.3 is 11.1 Å². The third kappa shape index (κ3) is 5.21. The van der Waals surface area contributed by atoms with Crippen LogP contribution >= 0.6 is 23.7 Å². The fraction of sp³-hybridized carbons (Fsp3) is 0.400. The lowest BCUT2D eigenvalue weighted by molar-refractivity contribution is -0.113.